The highest BCUT2D eigenvalue weighted by Crippen LogP contribution is 2.40. The fourth-order valence-electron chi connectivity index (χ4n) is 3.09. The lowest BCUT2D eigenvalue weighted by molar-refractivity contribution is -0.144. The molecule has 152 valence electrons. The second-order valence-electron chi connectivity index (χ2n) is 6.84. The minimum atomic E-state index is -0.604. The van der Waals surface area contributed by atoms with Gasteiger partial charge in [0.1, 0.15) is 11.5 Å². The first-order chi connectivity index (χ1) is 14.1. The first kappa shape index (κ1) is 20.5. The van der Waals surface area contributed by atoms with Gasteiger partial charge in [0.15, 0.2) is 6.61 Å². The number of carbonyl (C=O) groups is 2. The third-order valence-electron chi connectivity index (χ3n) is 4.75. The summed E-state index contributed by atoms with van der Waals surface area (Å²) in [6, 6.07) is 15.1. The van der Waals surface area contributed by atoms with E-state index in [2.05, 4.69) is 5.32 Å². The first-order valence-electron chi connectivity index (χ1n) is 9.52. The molecule has 1 saturated carbocycles. The molecule has 2 aromatic rings. The molecule has 0 aliphatic heterocycles. The molecule has 0 radical (unpaired) electrons. The van der Waals surface area contributed by atoms with Crippen molar-refractivity contribution in [2.45, 2.75) is 18.9 Å². The summed E-state index contributed by atoms with van der Waals surface area (Å²) < 4.78 is 15.5. The smallest absolute Gasteiger partial charge is 0.331 e. The molecule has 29 heavy (non-hydrogen) atoms. The van der Waals surface area contributed by atoms with Gasteiger partial charge in [0.05, 0.1) is 20.3 Å². The number of methoxy groups -OCH3 is 2. The molecule has 0 heterocycles. The lowest BCUT2D eigenvalue weighted by Gasteiger charge is -2.18. The maximum Gasteiger partial charge on any atom is 0.331 e. The molecule has 0 aromatic heterocycles. The second-order valence-corrected chi connectivity index (χ2v) is 6.84. The monoisotopic (exact) mass is 395 g/mol. The molecule has 1 atom stereocenters. The Morgan fingerprint density at radius 1 is 1.10 bits per heavy atom. The van der Waals surface area contributed by atoms with Crippen molar-refractivity contribution in [2.75, 3.05) is 20.8 Å². The van der Waals surface area contributed by atoms with Gasteiger partial charge in [0, 0.05) is 11.6 Å². The summed E-state index contributed by atoms with van der Waals surface area (Å²) in [7, 11) is 3.11. The molecule has 1 N–H and O–H groups in total. The maximum absolute atomic E-state index is 12.3. The standard InChI is InChI=1S/C23H25NO5/c1-27-19-11-12-20(28-2)18(14-19)10-13-22(26)29-15-21(25)24-23(17-8-9-17)16-6-4-3-5-7-16/h3-7,10-14,17,23H,8-9,15H2,1-2H3,(H,24,25)/b13-10+. The fraction of sp³-hybridized carbons (Fsp3) is 0.304. The topological polar surface area (TPSA) is 73.9 Å². The Balaban J connectivity index is 1.54. The number of hydrogen-bond acceptors (Lipinski definition) is 5. The van der Waals surface area contributed by atoms with E-state index in [9.17, 15) is 9.59 Å². The zero-order chi connectivity index (χ0) is 20.6. The van der Waals surface area contributed by atoms with Crippen LogP contribution in [0.5, 0.6) is 11.5 Å². The van der Waals surface area contributed by atoms with E-state index in [1.54, 1.807) is 38.5 Å². The lowest BCUT2D eigenvalue weighted by Crippen LogP contribution is -2.33. The predicted molar refractivity (Wildman–Crippen MR) is 110 cm³/mol. The van der Waals surface area contributed by atoms with Crippen LogP contribution in [-0.4, -0.2) is 32.7 Å². The van der Waals surface area contributed by atoms with Crippen LogP contribution in [0.4, 0.5) is 0 Å². The van der Waals surface area contributed by atoms with Gasteiger partial charge in [-0.25, -0.2) is 4.79 Å². The molecule has 0 saturated heterocycles. The quantitative estimate of drug-likeness (QED) is 0.519. The van der Waals surface area contributed by atoms with Crippen molar-refractivity contribution in [1.29, 1.82) is 0 Å². The van der Waals surface area contributed by atoms with Crippen molar-refractivity contribution in [1.82, 2.24) is 5.32 Å². The summed E-state index contributed by atoms with van der Waals surface area (Å²) in [5, 5.41) is 2.98. The normalized spacial score (nSPS) is 14.3. The second kappa shape index (κ2) is 9.78. The minimum absolute atomic E-state index is 0.0426. The van der Waals surface area contributed by atoms with E-state index in [0.29, 0.717) is 23.0 Å². The van der Waals surface area contributed by atoms with Gasteiger partial charge in [0.25, 0.3) is 5.91 Å². The summed E-state index contributed by atoms with van der Waals surface area (Å²) in [5.74, 6) is 0.768. The molecular formula is C23H25NO5. The zero-order valence-corrected chi connectivity index (χ0v) is 16.6. The van der Waals surface area contributed by atoms with Crippen LogP contribution in [0.2, 0.25) is 0 Å². The maximum atomic E-state index is 12.3. The van der Waals surface area contributed by atoms with E-state index in [4.69, 9.17) is 14.2 Å². The van der Waals surface area contributed by atoms with Crippen LogP contribution in [0, 0.1) is 5.92 Å². The number of nitrogens with one attached hydrogen (secondary N) is 1. The molecule has 1 unspecified atom stereocenters. The highest BCUT2D eigenvalue weighted by atomic mass is 16.5. The van der Waals surface area contributed by atoms with Gasteiger partial charge in [-0.15, -0.1) is 0 Å². The summed E-state index contributed by atoms with van der Waals surface area (Å²) in [6.07, 6.45) is 5.01. The number of carbonyl (C=O) groups excluding carboxylic acids is 2. The van der Waals surface area contributed by atoms with Crippen molar-refractivity contribution < 1.29 is 23.8 Å². The SMILES string of the molecule is COc1ccc(OC)c(/C=C/C(=O)OCC(=O)NC(c2ccccc2)C2CC2)c1. The van der Waals surface area contributed by atoms with Crippen molar-refractivity contribution in [2.24, 2.45) is 5.92 Å². The first-order valence-corrected chi connectivity index (χ1v) is 9.52. The molecule has 1 aliphatic rings. The summed E-state index contributed by atoms with van der Waals surface area (Å²) in [4.78, 5) is 24.3. The van der Waals surface area contributed by atoms with Crippen LogP contribution in [0.15, 0.2) is 54.6 Å². The third kappa shape index (κ3) is 5.85. The van der Waals surface area contributed by atoms with Crippen molar-refractivity contribution in [3.05, 3.63) is 65.7 Å². The summed E-state index contributed by atoms with van der Waals surface area (Å²) in [5.41, 5.74) is 1.74. The van der Waals surface area contributed by atoms with Crippen LogP contribution < -0.4 is 14.8 Å². The molecule has 1 amide bonds. The summed E-state index contributed by atoms with van der Waals surface area (Å²) >= 11 is 0. The van der Waals surface area contributed by atoms with Crippen LogP contribution in [0.3, 0.4) is 0 Å². The molecule has 0 bridgehead atoms. The van der Waals surface area contributed by atoms with Gasteiger partial charge >= 0.3 is 5.97 Å². The fourth-order valence-corrected chi connectivity index (χ4v) is 3.09. The van der Waals surface area contributed by atoms with E-state index in [0.717, 1.165) is 18.4 Å². The van der Waals surface area contributed by atoms with Crippen molar-refractivity contribution >= 4 is 18.0 Å². The zero-order valence-electron chi connectivity index (χ0n) is 16.6. The van der Waals surface area contributed by atoms with Crippen LogP contribution in [0.1, 0.15) is 30.0 Å². The molecular weight excluding hydrogens is 370 g/mol. The number of esters is 1. The Bertz CT molecular complexity index is 874. The molecule has 6 nitrogen and oxygen atoms in total. The molecule has 0 spiro atoms. The van der Waals surface area contributed by atoms with E-state index in [1.807, 2.05) is 30.3 Å². The largest absolute Gasteiger partial charge is 0.497 e. The van der Waals surface area contributed by atoms with Gasteiger partial charge in [-0.2, -0.15) is 0 Å². The van der Waals surface area contributed by atoms with Crippen LogP contribution in [0.25, 0.3) is 6.08 Å². The number of ether oxygens (including phenoxy) is 3. The number of rotatable bonds is 9. The number of benzene rings is 2. The van der Waals surface area contributed by atoms with Gasteiger partial charge in [0.2, 0.25) is 0 Å². The molecule has 3 rings (SSSR count). The molecule has 6 heteroatoms. The van der Waals surface area contributed by atoms with Gasteiger partial charge in [-0.3, -0.25) is 4.79 Å². The average Bonchev–Trinajstić information content (AvgIpc) is 3.60. The van der Waals surface area contributed by atoms with Gasteiger partial charge in [-0.05, 0) is 48.6 Å². The van der Waals surface area contributed by atoms with E-state index < -0.39 is 5.97 Å². The van der Waals surface area contributed by atoms with Crippen molar-refractivity contribution in [3.63, 3.8) is 0 Å². The Hall–Kier alpha value is -3.28. The van der Waals surface area contributed by atoms with Crippen molar-refractivity contribution in [3.8, 4) is 11.5 Å². The highest BCUT2D eigenvalue weighted by Gasteiger charge is 2.33. The molecule has 1 fully saturated rings. The number of amides is 1. The third-order valence-corrected chi connectivity index (χ3v) is 4.75. The Morgan fingerprint density at radius 2 is 1.86 bits per heavy atom. The Kier molecular flexibility index (Phi) is 6.89. The van der Waals surface area contributed by atoms with Crippen LogP contribution in [-0.2, 0) is 14.3 Å². The van der Waals surface area contributed by atoms with E-state index in [-0.39, 0.29) is 18.6 Å². The minimum Gasteiger partial charge on any atom is -0.497 e. The Labute approximate surface area is 170 Å². The summed E-state index contributed by atoms with van der Waals surface area (Å²) in [6.45, 7) is -0.325. The number of hydrogen-bond donors (Lipinski definition) is 1. The van der Waals surface area contributed by atoms with E-state index >= 15 is 0 Å². The van der Waals surface area contributed by atoms with Gasteiger partial charge in [-0.1, -0.05) is 30.3 Å². The van der Waals surface area contributed by atoms with E-state index in [1.165, 1.54) is 6.08 Å². The molecule has 1 aliphatic carbocycles. The van der Waals surface area contributed by atoms with Crippen LogP contribution >= 0.6 is 0 Å². The molecule has 2 aromatic carbocycles. The van der Waals surface area contributed by atoms with Gasteiger partial charge < -0.3 is 19.5 Å². The lowest BCUT2D eigenvalue weighted by atomic mass is 10.0. The predicted octanol–water partition coefficient (Wildman–Crippen LogP) is 3.53. The average molecular weight is 395 g/mol. The highest BCUT2D eigenvalue weighted by molar-refractivity contribution is 5.89. The Morgan fingerprint density at radius 3 is 2.52 bits per heavy atom.